The van der Waals surface area contributed by atoms with E-state index in [9.17, 15) is 14.6 Å². The van der Waals surface area contributed by atoms with Crippen LogP contribution in [0.3, 0.4) is 0 Å². The van der Waals surface area contributed by atoms with E-state index in [2.05, 4.69) is 15.9 Å². The van der Waals surface area contributed by atoms with Crippen LogP contribution in [0.2, 0.25) is 0 Å². The number of alkyl halides is 1. The van der Waals surface area contributed by atoms with Gasteiger partial charge in [0.05, 0.1) is 6.10 Å². The van der Waals surface area contributed by atoms with Gasteiger partial charge in [-0.3, -0.25) is 0 Å². The molecule has 0 radical (unpaired) electrons. The molecule has 0 saturated carbocycles. The number of rotatable bonds is 3. The summed E-state index contributed by atoms with van der Waals surface area (Å²) >= 11 is 3.06. The van der Waals surface area contributed by atoms with Gasteiger partial charge in [-0.15, -0.1) is 0 Å². The van der Waals surface area contributed by atoms with Crippen LogP contribution >= 0.6 is 15.9 Å². The van der Waals surface area contributed by atoms with Crippen molar-refractivity contribution in [1.82, 2.24) is 0 Å². The van der Waals surface area contributed by atoms with Crippen molar-refractivity contribution in [1.29, 1.82) is 0 Å². The van der Waals surface area contributed by atoms with Crippen molar-refractivity contribution < 1.29 is 14.6 Å². The van der Waals surface area contributed by atoms with E-state index in [0.717, 1.165) is 0 Å². The standard InChI is InChI=1S/C10H12BrFO2/c1-6-4-7(2-3-8(6)12)10(14)9(13)5-11/h2-4,9-10,13-14H,5H2,1H3. The Bertz CT molecular complexity index is 317. The third kappa shape index (κ3) is 2.53. The Morgan fingerprint density at radius 3 is 2.57 bits per heavy atom. The molecule has 78 valence electrons. The average Bonchev–Trinajstić information content (AvgIpc) is 2.20. The molecule has 1 aromatic carbocycles. The number of halogens is 2. The fraction of sp³-hybridized carbons (Fsp3) is 0.400. The van der Waals surface area contributed by atoms with Gasteiger partial charge in [-0.25, -0.2) is 4.39 Å². The van der Waals surface area contributed by atoms with Crippen LogP contribution in [0, 0.1) is 12.7 Å². The van der Waals surface area contributed by atoms with Gasteiger partial charge in [-0.1, -0.05) is 28.1 Å². The van der Waals surface area contributed by atoms with Gasteiger partial charge in [0.1, 0.15) is 11.9 Å². The molecule has 2 nitrogen and oxygen atoms in total. The molecular formula is C10H12BrFO2. The summed E-state index contributed by atoms with van der Waals surface area (Å²) in [5.74, 6) is -0.311. The van der Waals surface area contributed by atoms with Crippen LogP contribution in [0.25, 0.3) is 0 Å². The van der Waals surface area contributed by atoms with E-state index in [4.69, 9.17) is 0 Å². The minimum absolute atomic E-state index is 0.282. The maximum absolute atomic E-state index is 12.9. The maximum Gasteiger partial charge on any atom is 0.126 e. The smallest absolute Gasteiger partial charge is 0.126 e. The van der Waals surface area contributed by atoms with Gasteiger partial charge in [-0.2, -0.15) is 0 Å². The number of hydrogen-bond donors (Lipinski definition) is 2. The van der Waals surface area contributed by atoms with E-state index in [-0.39, 0.29) is 11.1 Å². The fourth-order valence-electron chi connectivity index (χ4n) is 1.16. The highest BCUT2D eigenvalue weighted by atomic mass is 79.9. The predicted molar refractivity (Wildman–Crippen MR) is 55.9 cm³/mol. The summed E-state index contributed by atoms with van der Waals surface area (Å²) in [6.45, 7) is 1.62. The van der Waals surface area contributed by atoms with E-state index in [1.807, 2.05) is 0 Å². The van der Waals surface area contributed by atoms with E-state index in [1.165, 1.54) is 18.2 Å². The third-order valence-electron chi connectivity index (χ3n) is 2.05. The summed E-state index contributed by atoms with van der Waals surface area (Å²) in [5.41, 5.74) is 0.985. The molecule has 1 aromatic rings. The van der Waals surface area contributed by atoms with Gasteiger partial charge in [0.25, 0.3) is 0 Å². The molecule has 0 spiro atoms. The topological polar surface area (TPSA) is 40.5 Å². The Morgan fingerprint density at radius 1 is 1.43 bits per heavy atom. The van der Waals surface area contributed by atoms with E-state index >= 15 is 0 Å². The zero-order valence-electron chi connectivity index (χ0n) is 7.74. The highest BCUT2D eigenvalue weighted by molar-refractivity contribution is 9.09. The second-order valence-corrected chi connectivity index (χ2v) is 3.82. The number of benzene rings is 1. The van der Waals surface area contributed by atoms with Gasteiger partial charge < -0.3 is 10.2 Å². The first-order valence-electron chi connectivity index (χ1n) is 4.24. The molecule has 0 fully saturated rings. The van der Waals surface area contributed by atoms with Crippen molar-refractivity contribution in [3.63, 3.8) is 0 Å². The Morgan fingerprint density at radius 2 is 2.07 bits per heavy atom. The largest absolute Gasteiger partial charge is 0.389 e. The second-order valence-electron chi connectivity index (χ2n) is 3.18. The lowest BCUT2D eigenvalue weighted by molar-refractivity contribution is 0.0342. The van der Waals surface area contributed by atoms with Crippen LogP contribution < -0.4 is 0 Å². The molecule has 0 heterocycles. The molecule has 0 aliphatic heterocycles. The van der Waals surface area contributed by atoms with Gasteiger partial charge in [-0.05, 0) is 24.1 Å². The minimum Gasteiger partial charge on any atom is -0.389 e. The first kappa shape index (κ1) is 11.6. The highest BCUT2D eigenvalue weighted by Gasteiger charge is 2.17. The lowest BCUT2D eigenvalue weighted by Crippen LogP contribution is -2.19. The number of hydrogen-bond acceptors (Lipinski definition) is 2. The average molecular weight is 263 g/mol. The molecule has 2 atom stereocenters. The molecule has 0 amide bonds. The van der Waals surface area contributed by atoms with E-state index < -0.39 is 12.2 Å². The molecule has 0 bridgehead atoms. The van der Waals surface area contributed by atoms with Crippen LogP contribution in [0.4, 0.5) is 4.39 Å². The molecule has 2 unspecified atom stereocenters. The molecular weight excluding hydrogens is 251 g/mol. The maximum atomic E-state index is 12.9. The molecule has 4 heteroatoms. The molecule has 0 aliphatic rings. The Labute approximate surface area is 90.5 Å². The van der Waals surface area contributed by atoms with Crippen LogP contribution in [-0.4, -0.2) is 21.6 Å². The Hall–Kier alpha value is -0.450. The number of aliphatic hydroxyl groups excluding tert-OH is 2. The summed E-state index contributed by atoms with van der Waals surface area (Å²) in [6.07, 6.45) is -1.85. The van der Waals surface area contributed by atoms with Crippen molar-refractivity contribution in [3.8, 4) is 0 Å². The quantitative estimate of drug-likeness (QED) is 0.818. The van der Waals surface area contributed by atoms with Crippen molar-refractivity contribution in [3.05, 3.63) is 35.1 Å². The summed E-state index contributed by atoms with van der Waals surface area (Å²) in [6, 6.07) is 4.29. The van der Waals surface area contributed by atoms with Gasteiger partial charge in [0, 0.05) is 5.33 Å². The van der Waals surface area contributed by atoms with E-state index in [1.54, 1.807) is 6.92 Å². The summed E-state index contributed by atoms with van der Waals surface area (Å²) in [5, 5.41) is 19.2. The minimum atomic E-state index is -0.978. The molecule has 0 aliphatic carbocycles. The predicted octanol–water partition coefficient (Wildman–Crippen LogP) is 1.92. The van der Waals surface area contributed by atoms with Crippen molar-refractivity contribution >= 4 is 15.9 Å². The molecule has 14 heavy (non-hydrogen) atoms. The zero-order chi connectivity index (χ0) is 10.7. The Kier molecular flexibility index (Phi) is 4.04. The SMILES string of the molecule is Cc1cc(C(O)C(O)CBr)ccc1F. The first-order chi connectivity index (χ1) is 6.56. The van der Waals surface area contributed by atoms with Gasteiger partial charge in [0.15, 0.2) is 0 Å². The fourth-order valence-corrected chi connectivity index (χ4v) is 1.51. The number of aliphatic hydroxyl groups is 2. The molecule has 0 saturated heterocycles. The first-order valence-corrected chi connectivity index (χ1v) is 5.36. The van der Waals surface area contributed by atoms with Gasteiger partial charge >= 0.3 is 0 Å². The molecule has 1 rings (SSSR count). The summed E-state index contributed by atoms with van der Waals surface area (Å²) < 4.78 is 12.9. The third-order valence-corrected chi connectivity index (χ3v) is 2.71. The number of aryl methyl sites for hydroxylation is 1. The lowest BCUT2D eigenvalue weighted by Gasteiger charge is -2.16. The highest BCUT2D eigenvalue weighted by Crippen LogP contribution is 2.20. The zero-order valence-corrected chi connectivity index (χ0v) is 9.33. The van der Waals surface area contributed by atoms with Gasteiger partial charge in [0.2, 0.25) is 0 Å². The van der Waals surface area contributed by atoms with E-state index in [0.29, 0.717) is 11.1 Å². The lowest BCUT2D eigenvalue weighted by atomic mass is 10.0. The molecule has 2 N–H and O–H groups in total. The van der Waals surface area contributed by atoms with Crippen molar-refractivity contribution in [2.75, 3.05) is 5.33 Å². The monoisotopic (exact) mass is 262 g/mol. The molecule has 0 aromatic heterocycles. The van der Waals surface area contributed by atoms with Crippen LogP contribution in [-0.2, 0) is 0 Å². The van der Waals surface area contributed by atoms with Crippen LogP contribution in [0.5, 0.6) is 0 Å². The normalized spacial score (nSPS) is 15.2. The van der Waals surface area contributed by atoms with Crippen LogP contribution in [0.1, 0.15) is 17.2 Å². The van der Waals surface area contributed by atoms with Crippen molar-refractivity contribution in [2.45, 2.75) is 19.1 Å². The summed E-state index contributed by atoms with van der Waals surface area (Å²) in [7, 11) is 0. The Balaban J connectivity index is 2.91. The van der Waals surface area contributed by atoms with Crippen molar-refractivity contribution in [2.24, 2.45) is 0 Å². The van der Waals surface area contributed by atoms with Crippen LogP contribution in [0.15, 0.2) is 18.2 Å². The summed E-state index contributed by atoms with van der Waals surface area (Å²) in [4.78, 5) is 0. The second kappa shape index (κ2) is 4.87.